The summed E-state index contributed by atoms with van der Waals surface area (Å²) in [5.74, 6) is 0. The van der Waals surface area contributed by atoms with Crippen LogP contribution in [0, 0.1) is 3.70 Å². The summed E-state index contributed by atoms with van der Waals surface area (Å²) in [6.07, 6.45) is -4.46. The third-order valence-corrected chi connectivity index (χ3v) is 2.81. The van der Waals surface area contributed by atoms with Crippen LogP contribution < -0.4 is 0 Å². The fourth-order valence-corrected chi connectivity index (χ4v) is 2.48. The van der Waals surface area contributed by atoms with Gasteiger partial charge in [0, 0.05) is 0 Å². The molecule has 0 fully saturated rings. The van der Waals surface area contributed by atoms with Crippen LogP contribution in [0.25, 0.3) is 0 Å². The number of aromatic nitrogens is 2. The summed E-state index contributed by atoms with van der Waals surface area (Å²) in [4.78, 5) is 0. The van der Waals surface area contributed by atoms with Gasteiger partial charge in [0.2, 0.25) is 0 Å². The van der Waals surface area contributed by atoms with Crippen LogP contribution in [0.2, 0.25) is 5.15 Å². The summed E-state index contributed by atoms with van der Waals surface area (Å²) < 4.78 is 38.8. The molecule has 7 heteroatoms. The molecule has 1 aromatic rings. The standard InChI is InChI=1S/C8H9ClF3IN2/c1-7(2,3)15-5(9)4(6(13)14-15)8(10,11)12/h1-3H3. The van der Waals surface area contributed by atoms with Crippen LogP contribution in [-0.2, 0) is 11.7 Å². The van der Waals surface area contributed by atoms with E-state index < -0.39 is 17.3 Å². The van der Waals surface area contributed by atoms with E-state index in [1.54, 1.807) is 20.8 Å². The van der Waals surface area contributed by atoms with E-state index in [1.165, 1.54) is 27.3 Å². The Morgan fingerprint density at radius 3 is 1.93 bits per heavy atom. The lowest BCUT2D eigenvalue weighted by Gasteiger charge is -2.20. The molecule has 0 saturated carbocycles. The second-order valence-electron chi connectivity index (χ2n) is 4.04. The first-order chi connectivity index (χ1) is 6.55. The van der Waals surface area contributed by atoms with Crippen molar-refractivity contribution in [3.05, 3.63) is 14.4 Å². The maximum atomic E-state index is 12.6. The molecule has 0 saturated heterocycles. The number of rotatable bonds is 0. The summed E-state index contributed by atoms with van der Waals surface area (Å²) in [6.45, 7) is 5.21. The fraction of sp³-hybridized carbons (Fsp3) is 0.625. The normalized spacial score (nSPS) is 13.3. The molecule has 0 amide bonds. The molecular weight excluding hydrogens is 343 g/mol. The Hall–Kier alpha value is 0.0200. The van der Waals surface area contributed by atoms with Gasteiger partial charge in [0.15, 0.2) is 0 Å². The van der Waals surface area contributed by atoms with Crippen molar-refractivity contribution in [2.75, 3.05) is 0 Å². The van der Waals surface area contributed by atoms with Crippen molar-refractivity contribution in [1.82, 2.24) is 9.78 Å². The lowest BCUT2D eigenvalue weighted by Crippen LogP contribution is -2.23. The van der Waals surface area contributed by atoms with Gasteiger partial charge in [-0.3, -0.25) is 0 Å². The Balaban J connectivity index is 3.41. The Labute approximate surface area is 104 Å². The molecule has 0 aliphatic carbocycles. The minimum absolute atomic E-state index is 0.125. The molecule has 86 valence electrons. The quantitative estimate of drug-likeness (QED) is 0.647. The molecular formula is C8H9ClF3IN2. The van der Waals surface area contributed by atoms with Gasteiger partial charge >= 0.3 is 6.18 Å². The molecule has 15 heavy (non-hydrogen) atoms. The molecule has 1 aromatic heterocycles. The van der Waals surface area contributed by atoms with Crippen LogP contribution in [0.4, 0.5) is 13.2 Å². The Morgan fingerprint density at radius 1 is 1.27 bits per heavy atom. The summed E-state index contributed by atoms with van der Waals surface area (Å²) in [7, 11) is 0. The molecule has 2 nitrogen and oxygen atoms in total. The highest BCUT2D eigenvalue weighted by molar-refractivity contribution is 14.1. The largest absolute Gasteiger partial charge is 0.421 e. The average molecular weight is 353 g/mol. The van der Waals surface area contributed by atoms with Gasteiger partial charge in [-0.15, -0.1) is 0 Å². The lowest BCUT2D eigenvalue weighted by molar-refractivity contribution is -0.138. The minimum Gasteiger partial charge on any atom is -0.247 e. The van der Waals surface area contributed by atoms with Crippen LogP contribution in [0.1, 0.15) is 26.3 Å². The molecule has 0 spiro atoms. The van der Waals surface area contributed by atoms with E-state index in [9.17, 15) is 13.2 Å². The van der Waals surface area contributed by atoms with Gasteiger partial charge in [0.1, 0.15) is 14.4 Å². The third-order valence-electron chi connectivity index (χ3n) is 1.71. The zero-order chi connectivity index (χ0) is 12.0. The Bertz CT molecular complexity index is 378. The molecule has 1 heterocycles. The average Bonchev–Trinajstić information content (AvgIpc) is 2.22. The monoisotopic (exact) mass is 352 g/mol. The molecule has 0 bridgehead atoms. The van der Waals surface area contributed by atoms with E-state index in [0.717, 1.165) is 0 Å². The molecule has 0 atom stereocenters. The summed E-state index contributed by atoms with van der Waals surface area (Å²) >= 11 is 7.21. The van der Waals surface area contributed by atoms with Crippen LogP contribution in [0.5, 0.6) is 0 Å². The van der Waals surface area contributed by atoms with Crippen LogP contribution in [-0.4, -0.2) is 9.78 Å². The van der Waals surface area contributed by atoms with Gasteiger partial charge in [0.05, 0.1) is 5.54 Å². The van der Waals surface area contributed by atoms with Crippen molar-refractivity contribution in [1.29, 1.82) is 0 Å². The summed E-state index contributed by atoms with van der Waals surface area (Å²) in [5, 5.41) is 3.44. The maximum Gasteiger partial charge on any atom is 0.421 e. The van der Waals surface area contributed by atoms with Gasteiger partial charge in [-0.25, -0.2) is 4.68 Å². The van der Waals surface area contributed by atoms with E-state index in [1.807, 2.05) is 0 Å². The first kappa shape index (κ1) is 13.1. The van der Waals surface area contributed by atoms with Gasteiger partial charge in [-0.2, -0.15) is 18.3 Å². The maximum absolute atomic E-state index is 12.6. The van der Waals surface area contributed by atoms with Gasteiger partial charge in [0.25, 0.3) is 0 Å². The van der Waals surface area contributed by atoms with Crippen LogP contribution in [0.15, 0.2) is 0 Å². The van der Waals surface area contributed by atoms with E-state index in [-0.39, 0.29) is 8.85 Å². The molecule has 0 radical (unpaired) electrons. The Kier molecular flexibility index (Phi) is 3.31. The highest BCUT2D eigenvalue weighted by atomic mass is 127. The number of hydrogen-bond acceptors (Lipinski definition) is 1. The first-order valence-electron chi connectivity index (χ1n) is 4.07. The van der Waals surface area contributed by atoms with E-state index in [4.69, 9.17) is 11.6 Å². The smallest absolute Gasteiger partial charge is 0.247 e. The predicted molar refractivity (Wildman–Crippen MR) is 60.0 cm³/mol. The van der Waals surface area contributed by atoms with Crippen LogP contribution >= 0.6 is 34.2 Å². The second kappa shape index (κ2) is 3.80. The topological polar surface area (TPSA) is 17.8 Å². The highest BCUT2D eigenvalue weighted by Gasteiger charge is 2.40. The molecule has 0 aliphatic rings. The summed E-state index contributed by atoms with van der Waals surface area (Å²) in [6, 6.07) is 0. The van der Waals surface area contributed by atoms with Crippen molar-refractivity contribution in [3.8, 4) is 0 Å². The SMILES string of the molecule is CC(C)(C)n1nc(I)c(C(F)(F)F)c1Cl. The number of hydrogen-bond donors (Lipinski definition) is 0. The van der Waals surface area contributed by atoms with E-state index in [0.29, 0.717) is 0 Å². The number of alkyl halides is 3. The predicted octanol–water partition coefficient (Wildman–Crippen LogP) is 3.91. The van der Waals surface area contributed by atoms with Gasteiger partial charge in [-0.05, 0) is 43.4 Å². The van der Waals surface area contributed by atoms with E-state index >= 15 is 0 Å². The minimum atomic E-state index is -4.46. The zero-order valence-corrected chi connectivity index (χ0v) is 11.2. The van der Waals surface area contributed by atoms with Gasteiger partial charge in [-0.1, -0.05) is 11.6 Å². The molecule has 1 rings (SSSR count). The molecule has 0 N–H and O–H groups in total. The third kappa shape index (κ3) is 2.58. The van der Waals surface area contributed by atoms with Crippen molar-refractivity contribution in [3.63, 3.8) is 0 Å². The lowest BCUT2D eigenvalue weighted by atomic mass is 10.1. The van der Waals surface area contributed by atoms with E-state index in [2.05, 4.69) is 5.10 Å². The highest BCUT2D eigenvalue weighted by Crippen LogP contribution is 2.39. The van der Waals surface area contributed by atoms with Crippen molar-refractivity contribution in [2.24, 2.45) is 0 Å². The summed E-state index contributed by atoms with van der Waals surface area (Å²) in [5.41, 5.74) is -1.43. The van der Waals surface area contributed by atoms with Crippen molar-refractivity contribution < 1.29 is 13.2 Å². The van der Waals surface area contributed by atoms with Crippen molar-refractivity contribution >= 4 is 34.2 Å². The Morgan fingerprint density at radius 2 is 1.73 bits per heavy atom. The first-order valence-corrected chi connectivity index (χ1v) is 5.52. The fourth-order valence-electron chi connectivity index (χ4n) is 1.05. The zero-order valence-electron chi connectivity index (χ0n) is 8.28. The molecule has 0 unspecified atom stereocenters. The van der Waals surface area contributed by atoms with Gasteiger partial charge < -0.3 is 0 Å². The molecule has 0 aromatic carbocycles. The van der Waals surface area contributed by atoms with Crippen molar-refractivity contribution in [2.45, 2.75) is 32.5 Å². The molecule has 0 aliphatic heterocycles. The number of nitrogens with zero attached hydrogens (tertiary/aromatic N) is 2. The second-order valence-corrected chi connectivity index (χ2v) is 5.42. The van der Waals surface area contributed by atoms with Crippen LogP contribution in [0.3, 0.4) is 0 Å². The number of halogens is 5.